The van der Waals surface area contributed by atoms with Crippen molar-refractivity contribution < 1.29 is 4.79 Å². The summed E-state index contributed by atoms with van der Waals surface area (Å²) < 4.78 is 1.60. The Balaban J connectivity index is 1.72. The predicted octanol–water partition coefficient (Wildman–Crippen LogP) is 3.32. The first-order valence-corrected chi connectivity index (χ1v) is 7.86. The lowest BCUT2D eigenvalue weighted by atomic mass is 10.1. The van der Waals surface area contributed by atoms with E-state index in [-0.39, 0.29) is 5.91 Å². The van der Waals surface area contributed by atoms with E-state index >= 15 is 0 Å². The normalized spacial score (nSPS) is 14.9. The monoisotopic (exact) mass is 318 g/mol. The van der Waals surface area contributed by atoms with Gasteiger partial charge in [0.15, 0.2) is 0 Å². The van der Waals surface area contributed by atoms with Gasteiger partial charge in [-0.05, 0) is 37.5 Å². The van der Waals surface area contributed by atoms with Gasteiger partial charge in [0.05, 0.1) is 22.5 Å². The van der Waals surface area contributed by atoms with Crippen LogP contribution < -0.4 is 10.2 Å². The summed E-state index contributed by atoms with van der Waals surface area (Å²) in [5.74, 6) is -0.185. The highest BCUT2D eigenvalue weighted by Crippen LogP contribution is 2.30. The van der Waals surface area contributed by atoms with Gasteiger partial charge in [0.25, 0.3) is 5.91 Å². The van der Waals surface area contributed by atoms with E-state index in [1.54, 1.807) is 30.2 Å². The van der Waals surface area contributed by atoms with E-state index in [0.29, 0.717) is 16.3 Å². The number of aryl methyl sites for hydroxylation is 1. The van der Waals surface area contributed by atoms with Crippen LogP contribution in [-0.4, -0.2) is 28.8 Å². The maximum absolute atomic E-state index is 12.1. The summed E-state index contributed by atoms with van der Waals surface area (Å²) in [6.45, 7) is 2.09. The molecule has 0 bridgehead atoms. The third-order valence-corrected chi connectivity index (χ3v) is 4.17. The molecule has 2 aromatic rings. The molecule has 6 heteroatoms. The molecule has 116 valence electrons. The van der Waals surface area contributed by atoms with Crippen LogP contribution >= 0.6 is 11.6 Å². The maximum Gasteiger partial charge on any atom is 0.258 e. The van der Waals surface area contributed by atoms with Crippen molar-refractivity contribution in [1.29, 1.82) is 0 Å². The lowest BCUT2D eigenvalue weighted by Crippen LogP contribution is -2.29. The standard InChI is InChI=1S/C16H19ClN4O/c1-20-11-12(10-18-20)16(22)19-13-5-6-15(14(17)9-13)21-7-3-2-4-8-21/h5-6,9-11H,2-4,7-8H2,1H3,(H,19,22). The summed E-state index contributed by atoms with van der Waals surface area (Å²) in [7, 11) is 1.78. The van der Waals surface area contributed by atoms with Gasteiger partial charge in [-0.25, -0.2) is 0 Å². The number of benzene rings is 1. The van der Waals surface area contributed by atoms with Crippen LogP contribution in [0.2, 0.25) is 5.02 Å². The lowest BCUT2D eigenvalue weighted by molar-refractivity contribution is 0.102. The molecular weight excluding hydrogens is 300 g/mol. The van der Waals surface area contributed by atoms with Crippen LogP contribution in [0.5, 0.6) is 0 Å². The van der Waals surface area contributed by atoms with Gasteiger partial charge < -0.3 is 10.2 Å². The van der Waals surface area contributed by atoms with Gasteiger partial charge in [-0.15, -0.1) is 0 Å². The van der Waals surface area contributed by atoms with Gasteiger partial charge in [0, 0.05) is 32.0 Å². The second-order valence-electron chi connectivity index (χ2n) is 5.57. The molecule has 1 amide bonds. The third kappa shape index (κ3) is 3.25. The highest BCUT2D eigenvalue weighted by Gasteiger charge is 2.15. The Morgan fingerprint density at radius 1 is 1.27 bits per heavy atom. The molecule has 5 nitrogen and oxygen atoms in total. The van der Waals surface area contributed by atoms with Gasteiger partial charge >= 0.3 is 0 Å². The number of aromatic nitrogens is 2. The van der Waals surface area contributed by atoms with Crippen LogP contribution in [0, 0.1) is 0 Å². The van der Waals surface area contributed by atoms with E-state index in [1.807, 2.05) is 12.1 Å². The number of anilines is 2. The van der Waals surface area contributed by atoms with Gasteiger partial charge in [0.2, 0.25) is 0 Å². The minimum atomic E-state index is -0.185. The fraction of sp³-hybridized carbons (Fsp3) is 0.375. The molecule has 1 N–H and O–H groups in total. The van der Waals surface area contributed by atoms with E-state index in [1.165, 1.54) is 19.3 Å². The Morgan fingerprint density at radius 2 is 2.05 bits per heavy atom. The molecule has 0 spiro atoms. The van der Waals surface area contributed by atoms with Crippen molar-refractivity contribution in [2.45, 2.75) is 19.3 Å². The van der Waals surface area contributed by atoms with Crippen LogP contribution in [0.15, 0.2) is 30.6 Å². The number of hydrogen-bond acceptors (Lipinski definition) is 3. The maximum atomic E-state index is 12.1. The molecule has 0 saturated carbocycles. The molecule has 0 radical (unpaired) electrons. The summed E-state index contributed by atoms with van der Waals surface area (Å²) in [6, 6.07) is 5.68. The lowest BCUT2D eigenvalue weighted by Gasteiger charge is -2.29. The highest BCUT2D eigenvalue weighted by molar-refractivity contribution is 6.33. The van der Waals surface area contributed by atoms with Crippen molar-refractivity contribution in [2.24, 2.45) is 7.05 Å². The van der Waals surface area contributed by atoms with E-state index in [2.05, 4.69) is 15.3 Å². The fourth-order valence-corrected chi connectivity index (χ4v) is 3.02. The Hall–Kier alpha value is -2.01. The molecule has 1 saturated heterocycles. The van der Waals surface area contributed by atoms with Gasteiger partial charge in [-0.1, -0.05) is 11.6 Å². The molecule has 1 aromatic heterocycles. The Morgan fingerprint density at radius 3 is 2.68 bits per heavy atom. The van der Waals surface area contributed by atoms with Crippen molar-refractivity contribution in [3.63, 3.8) is 0 Å². The van der Waals surface area contributed by atoms with Crippen molar-refractivity contribution >= 4 is 28.9 Å². The Labute approximate surface area is 134 Å². The van der Waals surface area contributed by atoms with E-state index in [0.717, 1.165) is 18.8 Å². The van der Waals surface area contributed by atoms with Crippen LogP contribution in [0.25, 0.3) is 0 Å². The van der Waals surface area contributed by atoms with Crippen LogP contribution in [-0.2, 0) is 7.05 Å². The largest absolute Gasteiger partial charge is 0.370 e. The van der Waals surface area contributed by atoms with E-state index in [9.17, 15) is 4.79 Å². The zero-order chi connectivity index (χ0) is 15.5. The molecule has 1 aromatic carbocycles. The van der Waals surface area contributed by atoms with Gasteiger partial charge in [-0.2, -0.15) is 5.10 Å². The van der Waals surface area contributed by atoms with Gasteiger partial charge in [-0.3, -0.25) is 9.48 Å². The minimum Gasteiger partial charge on any atom is -0.370 e. The van der Waals surface area contributed by atoms with Crippen LogP contribution in [0.4, 0.5) is 11.4 Å². The zero-order valence-electron chi connectivity index (χ0n) is 12.6. The predicted molar refractivity (Wildman–Crippen MR) is 88.7 cm³/mol. The van der Waals surface area contributed by atoms with Crippen molar-refractivity contribution in [3.8, 4) is 0 Å². The Kier molecular flexibility index (Phi) is 4.34. The average molecular weight is 319 g/mol. The van der Waals surface area contributed by atoms with Gasteiger partial charge in [0.1, 0.15) is 0 Å². The molecular formula is C16H19ClN4O. The second-order valence-corrected chi connectivity index (χ2v) is 5.98. The summed E-state index contributed by atoms with van der Waals surface area (Å²) in [5, 5.41) is 7.51. The minimum absolute atomic E-state index is 0.185. The van der Waals surface area contributed by atoms with E-state index in [4.69, 9.17) is 11.6 Å². The van der Waals surface area contributed by atoms with Crippen LogP contribution in [0.1, 0.15) is 29.6 Å². The third-order valence-electron chi connectivity index (χ3n) is 3.87. The topological polar surface area (TPSA) is 50.2 Å². The SMILES string of the molecule is Cn1cc(C(=O)Nc2ccc(N3CCCCC3)c(Cl)c2)cn1. The summed E-state index contributed by atoms with van der Waals surface area (Å²) >= 11 is 6.39. The second kappa shape index (κ2) is 6.40. The number of carbonyl (C=O) groups is 1. The molecule has 0 unspecified atom stereocenters. The summed E-state index contributed by atoms with van der Waals surface area (Å²) in [5.41, 5.74) is 2.26. The molecule has 1 aliphatic rings. The van der Waals surface area contributed by atoms with Crippen molar-refractivity contribution in [2.75, 3.05) is 23.3 Å². The first-order chi connectivity index (χ1) is 10.6. The zero-order valence-corrected chi connectivity index (χ0v) is 13.3. The number of nitrogens with zero attached hydrogens (tertiary/aromatic N) is 3. The molecule has 2 heterocycles. The number of rotatable bonds is 3. The number of piperidine rings is 1. The first-order valence-electron chi connectivity index (χ1n) is 7.48. The van der Waals surface area contributed by atoms with Crippen molar-refractivity contribution in [1.82, 2.24) is 9.78 Å². The van der Waals surface area contributed by atoms with Crippen molar-refractivity contribution in [3.05, 3.63) is 41.2 Å². The number of amides is 1. The summed E-state index contributed by atoms with van der Waals surface area (Å²) in [4.78, 5) is 14.4. The number of nitrogens with one attached hydrogen (secondary N) is 1. The fourth-order valence-electron chi connectivity index (χ4n) is 2.72. The molecule has 1 aliphatic heterocycles. The number of halogens is 1. The quantitative estimate of drug-likeness (QED) is 0.944. The molecule has 1 fully saturated rings. The molecule has 0 aliphatic carbocycles. The molecule has 3 rings (SSSR count). The highest BCUT2D eigenvalue weighted by atomic mass is 35.5. The first kappa shape index (κ1) is 14.9. The van der Waals surface area contributed by atoms with E-state index < -0.39 is 0 Å². The smallest absolute Gasteiger partial charge is 0.258 e. The Bertz CT molecular complexity index is 677. The summed E-state index contributed by atoms with van der Waals surface area (Å²) in [6.07, 6.45) is 6.91. The number of carbonyl (C=O) groups excluding carboxylic acids is 1. The average Bonchev–Trinajstić information content (AvgIpc) is 2.95. The molecule has 0 atom stereocenters. The number of hydrogen-bond donors (Lipinski definition) is 1. The molecule has 22 heavy (non-hydrogen) atoms. The van der Waals surface area contributed by atoms with Crippen LogP contribution in [0.3, 0.4) is 0 Å².